The molecule has 0 spiro atoms. The first-order valence-electron chi connectivity index (χ1n) is 20.0. The second-order valence-corrected chi connectivity index (χ2v) is 15.6. The quantitative estimate of drug-likeness (QED) is 0.180. The summed E-state index contributed by atoms with van der Waals surface area (Å²) in [6.45, 7) is 0. The van der Waals surface area contributed by atoms with Gasteiger partial charge in [-0.05, 0) is 108 Å². The van der Waals surface area contributed by atoms with Gasteiger partial charge in [-0.3, -0.25) is 0 Å². The summed E-state index contributed by atoms with van der Waals surface area (Å²) < 4.78 is 17.6. The summed E-state index contributed by atoms with van der Waals surface area (Å²) in [6, 6.07) is 59.4. The molecule has 4 heteroatoms. The first-order chi connectivity index (χ1) is 28.7. The molecule has 0 atom stereocenters. The smallest absolute Gasteiger partial charge is 0.137 e. The van der Waals surface area contributed by atoms with Crippen molar-refractivity contribution in [1.82, 2.24) is 9.13 Å². The van der Waals surface area contributed by atoms with Crippen LogP contribution in [0.1, 0.15) is 18.4 Å². The van der Waals surface area contributed by atoms with Crippen LogP contribution in [0.25, 0.3) is 116 Å². The van der Waals surface area contributed by atoms with E-state index in [0.717, 1.165) is 84.6 Å². The average molecular weight is 743 g/mol. The van der Waals surface area contributed by atoms with Gasteiger partial charge >= 0.3 is 0 Å². The molecule has 0 bridgehead atoms. The van der Waals surface area contributed by atoms with Crippen LogP contribution in [0.5, 0.6) is 0 Å². The molecule has 272 valence electrons. The van der Waals surface area contributed by atoms with Gasteiger partial charge in [-0.25, -0.2) is 0 Å². The van der Waals surface area contributed by atoms with E-state index in [1.807, 2.05) is 12.1 Å². The van der Waals surface area contributed by atoms with Crippen LogP contribution in [-0.2, 0) is 0 Å². The van der Waals surface area contributed by atoms with Crippen molar-refractivity contribution < 1.29 is 8.83 Å². The van der Waals surface area contributed by atoms with Crippen molar-refractivity contribution >= 4 is 93.1 Å². The fraction of sp³-hybridized carbons (Fsp3) is 0.0370. The van der Waals surface area contributed by atoms with Gasteiger partial charge in [0.25, 0.3) is 0 Å². The van der Waals surface area contributed by atoms with Gasteiger partial charge in [0.15, 0.2) is 0 Å². The molecule has 1 aliphatic rings. The normalized spacial score (nSPS) is 13.4. The molecule has 13 rings (SSSR count). The van der Waals surface area contributed by atoms with E-state index in [9.17, 15) is 0 Å². The Morgan fingerprint density at radius 3 is 1.41 bits per heavy atom. The standard InChI is InChI=1S/C54H34N2O2/c1-3-11-33(12-4-1)34-19-23-38(24-20-34)56-48-26-22-36(28-42(48)44-30-46-40-16-8-10-18-52(40)58-54(46)32-50(44)56)35-21-25-47-41(27-35)43-29-45-39-15-7-9-17-51(39)57-53(45)31-49(43)55(47)37-13-5-2-6-14-37/h1-3,5-11,13-32H,4,12H2. The zero-order chi connectivity index (χ0) is 37.9. The minimum atomic E-state index is 0.896. The van der Waals surface area contributed by atoms with Crippen molar-refractivity contribution in [3.8, 4) is 22.5 Å². The van der Waals surface area contributed by atoms with E-state index in [1.54, 1.807) is 0 Å². The van der Waals surface area contributed by atoms with Crippen LogP contribution in [-0.4, -0.2) is 9.13 Å². The van der Waals surface area contributed by atoms with Gasteiger partial charge in [0.05, 0.1) is 22.1 Å². The lowest BCUT2D eigenvalue weighted by Crippen LogP contribution is -1.95. The minimum absolute atomic E-state index is 0.896. The molecule has 8 aromatic carbocycles. The molecule has 0 radical (unpaired) electrons. The monoisotopic (exact) mass is 742 g/mol. The summed E-state index contributed by atoms with van der Waals surface area (Å²) >= 11 is 0. The topological polar surface area (TPSA) is 36.1 Å². The van der Waals surface area contributed by atoms with Gasteiger partial charge in [0.1, 0.15) is 22.3 Å². The number of hydrogen-bond acceptors (Lipinski definition) is 2. The van der Waals surface area contributed by atoms with E-state index < -0.39 is 0 Å². The number of hydrogen-bond donors (Lipinski definition) is 0. The Kier molecular flexibility index (Phi) is 6.53. The maximum atomic E-state index is 6.46. The fourth-order valence-corrected chi connectivity index (χ4v) is 9.64. The van der Waals surface area contributed by atoms with Gasteiger partial charge < -0.3 is 18.0 Å². The van der Waals surface area contributed by atoms with Crippen molar-refractivity contribution in [3.63, 3.8) is 0 Å². The van der Waals surface area contributed by atoms with Gasteiger partial charge in [-0.1, -0.05) is 97.1 Å². The Labute approximate surface area is 332 Å². The Hall–Kier alpha value is -7.56. The molecule has 4 aromatic heterocycles. The lowest BCUT2D eigenvalue weighted by molar-refractivity contribution is 0.669. The van der Waals surface area contributed by atoms with Crippen molar-refractivity contribution in [2.24, 2.45) is 0 Å². The third-order valence-electron chi connectivity index (χ3n) is 12.4. The third kappa shape index (κ3) is 4.57. The summed E-state index contributed by atoms with van der Waals surface area (Å²) in [5, 5.41) is 9.36. The van der Waals surface area contributed by atoms with Crippen LogP contribution in [0.4, 0.5) is 0 Å². The van der Waals surface area contributed by atoms with Crippen molar-refractivity contribution in [2.75, 3.05) is 0 Å². The zero-order valence-electron chi connectivity index (χ0n) is 31.4. The van der Waals surface area contributed by atoms with E-state index >= 15 is 0 Å². The number of rotatable bonds is 4. The molecule has 0 saturated carbocycles. The molecular formula is C54H34N2O2. The first kappa shape index (κ1) is 31.6. The number of aromatic nitrogens is 2. The summed E-state index contributed by atoms with van der Waals surface area (Å²) in [5.74, 6) is 0. The van der Waals surface area contributed by atoms with Crippen LogP contribution in [0.2, 0.25) is 0 Å². The molecule has 0 N–H and O–H groups in total. The van der Waals surface area contributed by atoms with Gasteiger partial charge in [0, 0.05) is 66.6 Å². The SMILES string of the molecule is C1=CCCC(c2ccc(-n3c4ccc(-c5ccc6c(c5)c5cc7c(cc5n6-c5ccccc5)oc5ccccc57)cc4c4cc5c(cc43)oc3ccccc35)cc2)=C1. The second kappa shape index (κ2) is 12.0. The highest BCUT2D eigenvalue weighted by atomic mass is 16.3. The minimum Gasteiger partial charge on any atom is -0.456 e. The fourth-order valence-electron chi connectivity index (χ4n) is 9.64. The largest absolute Gasteiger partial charge is 0.456 e. The summed E-state index contributed by atoms with van der Waals surface area (Å²) in [4.78, 5) is 0. The predicted molar refractivity (Wildman–Crippen MR) is 241 cm³/mol. The van der Waals surface area contributed by atoms with Gasteiger partial charge in [-0.2, -0.15) is 0 Å². The number of para-hydroxylation sites is 3. The lowest BCUT2D eigenvalue weighted by Gasteiger charge is -2.12. The van der Waals surface area contributed by atoms with Crippen LogP contribution in [0.3, 0.4) is 0 Å². The maximum Gasteiger partial charge on any atom is 0.137 e. The third-order valence-corrected chi connectivity index (χ3v) is 12.4. The summed E-state index contributed by atoms with van der Waals surface area (Å²) in [5.41, 5.74) is 15.5. The molecule has 4 nitrogen and oxygen atoms in total. The number of fused-ring (bicyclic) bond motifs is 12. The molecule has 12 aromatic rings. The van der Waals surface area contributed by atoms with Gasteiger partial charge in [0.2, 0.25) is 0 Å². The molecule has 0 unspecified atom stereocenters. The maximum absolute atomic E-state index is 6.46. The Morgan fingerprint density at radius 2 is 0.862 bits per heavy atom. The van der Waals surface area contributed by atoms with Crippen molar-refractivity contribution in [3.05, 3.63) is 188 Å². The molecular weight excluding hydrogens is 709 g/mol. The average Bonchev–Trinajstić information content (AvgIpc) is 4.02. The Morgan fingerprint density at radius 1 is 0.362 bits per heavy atom. The molecule has 0 saturated heterocycles. The van der Waals surface area contributed by atoms with Crippen LogP contribution in [0.15, 0.2) is 191 Å². The summed E-state index contributed by atoms with van der Waals surface area (Å²) in [6.07, 6.45) is 8.82. The molecule has 58 heavy (non-hydrogen) atoms. The lowest BCUT2D eigenvalue weighted by atomic mass is 9.97. The van der Waals surface area contributed by atoms with E-state index in [1.165, 1.54) is 49.3 Å². The molecule has 4 heterocycles. The highest BCUT2D eigenvalue weighted by molar-refractivity contribution is 6.20. The molecule has 0 aliphatic heterocycles. The molecule has 0 fully saturated rings. The van der Waals surface area contributed by atoms with E-state index in [2.05, 4.69) is 179 Å². The highest BCUT2D eigenvalue weighted by Gasteiger charge is 2.20. The number of allylic oxidation sites excluding steroid dienone is 4. The Balaban J connectivity index is 1.04. The molecule has 1 aliphatic carbocycles. The second-order valence-electron chi connectivity index (χ2n) is 15.6. The molecule has 0 amide bonds. The van der Waals surface area contributed by atoms with Crippen molar-refractivity contribution in [1.29, 1.82) is 0 Å². The summed E-state index contributed by atoms with van der Waals surface area (Å²) in [7, 11) is 0. The highest BCUT2D eigenvalue weighted by Crippen LogP contribution is 2.43. The van der Waals surface area contributed by atoms with Crippen LogP contribution >= 0.6 is 0 Å². The first-order valence-corrected chi connectivity index (χ1v) is 20.0. The van der Waals surface area contributed by atoms with E-state index in [4.69, 9.17) is 8.83 Å². The van der Waals surface area contributed by atoms with E-state index in [0.29, 0.717) is 0 Å². The van der Waals surface area contributed by atoms with Crippen LogP contribution in [0, 0.1) is 0 Å². The predicted octanol–water partition coefficient (Wildman–Crippen LogP) is 15.1. The number of furan rings is 2. The number of benzene rings is 8. The van der Waals surface area contributed by atoms with Crippen molar-refractivity contribution in [2.45, 2.75) is 12.8 Å². The zero-order valence-corrected chi connectivity index (χ0v) is 31.4. The van der Waals surface area contributed by atoms with Crippen LogP contribution < -0.4 is 0 Å². The number of nitrogens with zero attached hydrogens (tertiary/aromatic N) is 2. The van der Waals surface area contributed by atoms with E-state index in [-0.39, 0.29) is 0 Å². The van der Waals surface area contributed by atoms with Gasteiger partial charge in [-0.15, -0.1) is 0 Å². The Bertz CT molecular complexity index is 3720.